The molecule has 0 N–H and O–H groups in total. The topological polar surface area (TPSA) is 67.7 Å². The van der Waals surface area contributed by atoms with Gasteiger partial charge in [0.1, 0.15) is 5.54 Å². The zero-order valence-electron chi connectivity index (χ0n) is 18.4. The van der Waals surface area contributed by atoms with Gasteiger partial charge in [-0.05, 0) is 51.2 Å². The van der Waals surface area contributed by atoms with Crippen molar-refractivity contribution in [3.8, 4) is 6.07 Å². The van der Waals surface area contributed by atoms with E-state index in [4.69, 9.17) is 0 Å². The predicted molar refractivity (Wildman–Crippen MR) is 118 cm³/mol. The van der Waals surface area contributed by atoms with Gasteiger partial charge in [-0.15, -0.1) is 0 Å². The van der Waals surface area contributed by atoms with Gasteiger partial charge in [-0.1, -0.05) is 37.0 Å². The normalized spacial score (nSPS) is 18.4. The van der Waals surface area contributed by atoms with Gasteiger partial charge in [0.15, 0.2) is 0 Å². The maximum absolute atomic E-state index is 13.2. The molecular weight excluding hydrogens is 376 g/mol. The molecule has 1 aliphatic heterocycles. The van der Waals surface area contributed by atoms with Crippen LogP contribution < -0.4 is 4.90 Å². The standard InChI is InChI=1S/C24H34N4O2/c1-20-9-11-21(12-10-20)28(18-23(30)27-15-7-4-8-16-27)17-22(29)26(2)24(19-25)13-5-3-6-14-24/h9-12H,3-8,13-18H2,1-2H3. The van der Waals surface area contributed by atoms with Crippen LogP contribution in [-0.2, 0) is 9.59 Å². The van der Waals surface area contributed by atoms with E-state index in [-0.39, 0.29) is 24.9 Å². The molecule has 1 aromatic carbocycles. The van der Waals surface area contributed by atoms with E-state index in [2.05, 4.69) is 6.07 Å². The van der Waals surface area contributed by atoms with Gasteiger partial charge < -0.3 is 14.7 Å². The van der Waals surface area contributed by atoms with Crippen LogP contribution in [0.1, 0.15) is 56.9 Å². The second-order valence-corrected chi connectivity index (χ2v) is 8.79. The number of likely N-dealkylation sites (tertiary alicyclic amines) is 1. The lowest BCUT2D eigenvalue weighted by atomic mass is 9.81. The number of hydrogen-bond donors (Lipinski definition) is 0. The second kappa shape index (κ2) is 9.97. The third-order valence-corrected chi connectivity index (χ3v) is 6.67. The number of carbonyl (C=O) groups is 2. The molecule has 1 heterocycles. The highest BCUT2D eigenvalue weighted by molar-refractivity contribution is 5.87. The van der Waals surface area contributed by atoms with Crippen molar-refractivity contribution < 1.29 is 9.59 Å². The SMILES string of the molecule is Cc1ccc(N(CC(=O)N2CCCCC2)CC(=O)N(C)C2(C#N)CCCCC2)cc1. The second-order valence-electron chi connectivity index (χ2n) is 8.79. The summed E-state index contributed by atoms with van der Waals surface area (Å²) in [7, 11) is 1.75. The molecular formula is C24H34N4O2. The Kier molecular flexibility index (Phi) is 7.36. The highest BCUT2D eigenvalue weighted by Gasteiger charge is 2.39. The summed E-state index contributed by atoms with van der Waals surface area (Å²) >= 11 is 0. The summed E-state index contributed by atoms with van der Waals surface area (Å²) in [6.45, 7) is 3.90. The molecule has 162 valence electrons. The summed E-state index contributed by atoms with van der Waals surface area (Å²) < 4.78 is 0. The van der Waals surface area contributed by atoms with Crippen LogP contribution >= 0.6 is 0 Å². The van der Waals surface area contributed by atoms with Crippen molar-refractivity contribution in [3.63, 3.8) is 0 Å². The highest BCUT2D eigenvalue weighted by Crippen LogP contribution is 2.32. The lowest BCUT2D eigenvalue weighted by Crippen LogP contribution is -2.53. The number of benzene rings is 1. The van der Waals surface area contributed by atoms with Crippen molar-refractivity contribution in [1.29, 1.82) is 5.26 Å². The Hall–Kier alpha value is -2.55. The van der Waals surface area contributed by atoms with E-state index in [0.29, 0.717) is 0 Å². The molecule has 2 fully saturated rings. The highest BCUT2D eigenvalue weighted by atomic mass is 16.2. The van der Waals surface area contributed by atoms with Gasteiger partial charge in [0.25, 0.3) is 0 Å². The van der Waals surface area contributed by atoms with Gasteiger partial charge in [-0.3, -0.25) is 9.59 Å². The van der Waals surface area contributed by atoms with Gasteiger partial charge in [0, 0.05) is 25.8 Å². The largest absolute Gasteiger partial charge is 0.353 e. The van der Waals surface area contributed by atoms with Crippen molar-refractivity contribution in [3.05, 3.63) is 29.8 Å². The van der Waals surface area contributed by atoms with E-state index in [1.165, 1.54) is 6.42 Å². The van der Waals surface area contributed by atoms with Gasteiger partial charge in [0.05, 0.1) is 19.2 Å². The quantitative estimate of drug-likeness (QED) is 0.720. The third-order valence-electron chi connectivity index (χ3n) is 6.67. The molecule has 30 heavy (non-hydrogen) atoms. The van der Waals surface area contributed by atoms with E-state index in [0.717, 1.165) is 69.3 Å². The fourth-order valence-electron chi connectivity index (χ4n) is 4.57. The number of nitrogens with zero attached hydrogens (tertiary/aromatic N) is 4. The molecule has 0 bridgehead atoms. The summed E-state index contributed by atoms with van der Waals surface area (Å²) in [5.41, 5.74) is 1.28. The van der Waals surface area contributed by atoms with Crippen LogP contribution in [-0.4, -0.2) is 60.4 Å². The number of carbonyl (C=O) groups excluding carboxylic acids is 2. The van der Waals surface area contributed by atoms with Crippen molar-refractivity contribution in [2.75, 3.05) is 38.1 Å². The van der Waals surface area contributed by atoms with Crippen molar-refractivity contribution in [1.82, 2.24) is 9.80 Å². The summed E-state index contributed by atoms with van der Waals surface area (Å²) in [6, 6.07) is 10.4. The molecule has 2 amide bonds. The number of likely N-dealkylation sites (N-methyl/N-ethyl adjacent to an activating group) is 1. The van der Waals surface area contributed by atoms with Crippen molar-refractivity contribution in [2.24, 2.45) is 0 Å². The third kappa shape index (κ3) is 5.13. The van der Waals surface area contributed by atoms with E-state index in [9.17, 15) is 14.9 Å². The average Bonchev–Trinajstić information content (AvgIpc) is 2.79. The number of amides is 2. The monoisotopic (exact) mass is 410 g/mol. The maximum Gasteiger partial charge on any atom is 0.243 e. The molecule has 2 aliphatic rings. The average molecular weight is 411 g/mol. The van der Waals surface area contributed by atoms with Crippen LogP contribution in [0.25, 0.3) is 0 Å². The summed E-state index contributed by atoms with van der Waals surface area (Å²) in [6.07, 6.45) is 7.77. The van der Waals surface area contributed by atoms with Crippen LogP contribution in [0.4, 0.5) is 5.69 Å². The van der Waals surface area contributed by atoms with Crippen LogP contribution in [0.5, 0.6) is 0 Å². The smallest absolute Gasteiger partial charge is 0.243 e. The first kappa shape index (κ1) is 22.1. The number of anilines is 1. The van der Waals surface area contributed by atoms with Gasteiger partial charge in [-0.2, -0.15) is 5.26 Å². The Balaban J connectivity index is 1.75. The van der Waals surface area contributed by atoms with Crippen LogP contribution in [0.2, 0.25) is 0 Å². The van der Waals surface area contributed by atoms with Gasteiger partial charge in [-0.25, -0.2) is 0 Å². The molecule has 1 aromatic rings. The van der Waals surface area contributed by atoms with Gasteiger partial charge in [0.2, 0.25) is 11.8 Å². The molecule has 6 nitrogen and oxygen atoms in total. The van der Waals surface area contributed by atoms with Crippen LogP contribution in [0.3, 0.4) is 0 Å². The van der Waals surface area contributed by atoms with Crippen molar-refractivity contribution in [2.45, 2.75) is 63.8 Å². The molecule has 1 saturated carbocycles. The Morgan fingerprint density at radius 1 is 1.00 bits per heavy atom. The number of piperidine rings is 1. The minimum atomic E-state index is -0.717. The Labute approximate surface area is 180 Å². The van der Waals surface area contributed by atoms with E-state index in [1.807, 2.05) is 41.0 Å². The molecule has 0 atom stereocenters. The number of rotatable bonds is 6. The Morgan fingerprint density at radius 2 is 1.60 bits per heavy atom. The molecule has 6 heteroatoms. The number of hydrogen-bond acceptors (Lipinski definition) is 4. The number of nitriles is 1. The molecule has 0 aromatic heterocycles. The maximum atomic E-state index is 13.2. The summed E-state index contributed by atoms with van der Waals surface area (Å²) in [5.74, 6) is -0.0381. The van der Waals surface area contributed by atoms with Crippen LogP contribution in [0, 0.1) is 18.3 Å². The van der Waals surface area contributed by atoms with Crippen LogP contribution in [0.15, 0.2) is 24.3 Å². The summed E-state index contributed by atoms with van der Waals surface area (Å²) in [4.78, 5) is 31.6. The lowest BCUT2D eigenvalue weighted by molar-refractivity contribution is -0.133. The first-order valence-electron chi connectivity index (χ1n) is 11.2. The minimum absolute atomic E-state index is 0.0680. The molecule has 3 rings (SSSR count). The van der Waals surface area contributed by atoms with Crippen molar-refractivity contribution >= 4 is 17.5 Å². The van der Waals surface area contributed by atoms with Gasteiger partial charge >= 0.3 is 0 Å². The fourth-order valence-corrected chi connectivity index (χ4v) is 4.57. The lowest BCUT2D eigenvalue weighted by Gasteiger charge is -2.40. The number of aryl methyl sites for hydroxylation is 1. The minimum Gasteiger partial charge on any atom is -0.353 e. The predicted octanol–water partition coefficient (Wildman–Crippen LogP) is 3.50. The molecule has 0 unspecified atom stereocenters. The van der Waals surface area contributed by atoms with E-state index < -0.39 is 5.54 Å². The Bertz CT molecular complexity index is 771. The molecule has 1 saturated heterocycles. The molecule has 0 radical (unpaired) electrons. The zero-order chi connectivity index (χ0) is 21.6. The summed E-state index contributed by atoms with van der Waals surface area (Å²) in [5, 5.41) is 9.84. The fraction of sp³-hybridized carbons (Fsp3) is 0.625. The first-order valence-corrected chi connectivity index (χ1v) is 11.2. The van der Waals surface area contributed by atoms with E-state index in [1.54, 1.807) is 11.9 Å². The van der Waals surface area contributed by atoms with E-state index >= 15 is 0 Å². The molecule has 1 aliphatic carbocycles. The Morgan fingerprint density at radius 3 is 2.20 bits per heavy atom. The zero-order valence-corrected chi connectivity index (χ0v) is 18.4. The first-order chi connectivity index (χ1) is 14.4. The molecule has 0 spiro atoms.